The normalized spacial score (nSPS) is 12.3. The molecule has 0 heterocycles. The lowest BCUT2D eigenvalue weighted by molar-refractivity contribution is 0.0282. The second kappa shape index (κ2) is 22.9. The first-order valence-electron chi connectivity index (χ1n) is 17.5. The van der Waals surface area contributed by atoms with Gasteiger partial charge in [-0.1, -0.05) is 99.7 Å². The highest BCUT2D eigenvalue weighted by atomic mass is 31.2. The third-order valence-corrected chi connectivity index (χ3v) is 9.36. The highest BCUT2D eigenvalue weighted by Gasteiger charge is 2.35. The van der Waals surface area contributed by atoms with Gasteiger partial charge in [-0.3, -0.25) is 0 Å². The monoisotopic (exact) mass is 693 g/mol. The van der Waals surface area contributed by atoms with Crippen molar-refractivity contribution in [2.24, 2.45) is 0 Å². The van der Waals surface area contributed by atoms with Gasteiger partial charge < -0.3 is 28.4 Å². The van der Waals surface area contributed by atoms with Gasteiger partial charge in [-0.25, -0.2) is 14.4 Å². The average molecular weight is 694 g/mol. The Bertz CT molecular complexity index is 1370. The number of benzene rings is 3. The highest BCUT2D eigenvalue weighted by molar-refractivity contribution is 7.41. The summed E-state index contributed by atoms with van der Waals surface area (Å²) in [6.45, 7) is 6.69. The summed E-state index contributed by atoms with van der Waals surface area (Å²) in [6, 6.07) is 25.4. The van der Waals surface area contributed by atoms with Crippen LogP contribution in [-0.4, -0.2) is 50.0 Å². The third kappa shape index (κ3) is 15.2. The summed E-state index contributed by atoms with van der Waals surface area (Å²) >= 11 is 0. The lowest BCUT2D eigenvalue weighted by atomic mass is 9.88. The van der Waals surface area contributed by atoms with Crippen molar-refractivity contribution in [2.45, 2.75) is 90.5 Å². The van der Waals surface area contributed by atoms with E-state index >= 15 is 0 Å². The summed E-state index contributed by atoms with van der Waals surface area (Å²) < 4.78 is 28.2. The van der Waals surface area contributed by atoms with Crippen LogP contribution in [0, 0.1) is 0 Å². The Balaban J connectivity index is 1.79. The summed E-state index contributed by atoms with van der Waals surface area (Å²) in [7, 11) is -1.61. The van der Waals surface area contributed by atoms with Crippen LogP contribution in [-0.2, 0) is 35.9 Å². The molecule has 1 unspecified atom stereocenters. The number of nitrogens with one attached hydrogen (secondary N) is 1. The first-order chi connectivity index (χ1) is 23.9. The number of carbonyl (C=O) groups is 3. The van der Waals surface area contributed by atoms with E-state index < -0.39 is 32.2 Å². The molecule has 3 aromatic rings. The molecule has 3 rings (SSSR count). The van der Waals surface area contributed by atoms with Crippen LogP contribution < -0.4 is 5.32 Å². The summed E-state index contributed by atoms with van der Waals surface area (Å²) in [5.74, 6) is -1.33. The van der Waals surface area contributed by atoms with Crippen molar-refractivity contribution >= 4 is 26.6 Å². The zero-order chi connectivity index (χ0) is 35.2. The summed E-state index contributed by atoms with van der Waals surface area (Å²) in [6.07, 6.45) is 8.74. The number of amides is 1. The van der Waals surface area contributed by atoms with Gasteiger partial charge >= 0.3 is 26.6 Å². The molecule has 266 valence electrons. The number of aryl methyl sites for hydroxylation is 2. The Hall–Kier alpha value is -3.62. The standard InChI is InChI=1S/C39H52NO8P/c1-4-7-8-9-10-13-18-32-23-25-33(26-24-32)27-28-39(29-30-47-49(45-5-2)46-6-3,31-44-36(41)34-19-14-11-15-20-34)40-38(43)48-37(42)35-21-16-12-17-22-35/h11-12,14-17,19-26H,4-10,13,18,27-31H2,1-3H3,(H,40,43). The number of ether oxygens (including phenoxy) is 2. The van der Waals surface area contributed by atoms with E-state index in [1.165, 1.54) is 44.1 Å². The molecule has 10 heteroatoms. The van der Waals surface area contributed by atoms with Gasteiger partial charge in [-0.2, -0.15) is 0 Å². The van der Waals surface area contributed by atoms with E-state index in [1.54, 1.807) is 54.6 Å². The Kier molecular flexibility index (Phi) is 18.6. The average Bonchev–Trinajstić information content (AvgIpc) is 3.12. The third-order valence-electron chi connectivity index (χ3n) is 8.03. The predicted molar refractivity (Wildman–Crippen MR) is 192 cm³/mol. The molecule has 0 aromatic heterocycles. The molecule has 0 saturated heterocycles. The molecular formula is C39H52NO8P. The van der Waals surface area contributed by atoms with E-state index in [1.807, 2.05) is 19.9 Å². The predicted octanol–water partition coefficient (Wildman–Crippen LogP) is 9.39. The summed E-state index contributed by atoms with van der Waals surface area (Å²) in [5.41, 5.74) is 1.81. The summed E-state index contributed by atoms with van der Waals surface area (Å²) in [4.78, 5) is 39.2. The van der Waals surface area contributed by atoms with Crippen LogP contribution in [0.4, 0.5) is 4.79 Å². The van der Waals surface area contributed by atoms with E-state index in [0.29, 0.717) is 31.6 Å². The minimum absolute atomic E-state index is 0.124. The quantitative estimate of drug-likeness (QED) is 0.0453. The van der Waals surface area contributed by atoms with Gasteiger partial charge in [0.05, 0.1) is 36.5 Å². The maximum atomic E-state index is 13.3. The first-order valence-corrected chi connectivity index (χ1v) is 18.6. The molecule has 0 fully saturated rings. The second-order valence-corrected chi connectivity index (χ2v) is 13.1. The number of rotatable bonds is 23. The molecule has 0 spiro atoms. The minimum Gasteiger partial charge on any atom is -0.460 e. The lowest BCUT2D eigenvalue weighted by Crippen LogP contribution is -2.53. The van der Waals surface area contributed by atoms with E-state index in [9.17, 15) is 14.4 Å². The number of hydrogen-bond donors (Lipinski definition) is 1. The fourth-order valence-corrected chi connectivity index (χ4v) is 6.14. The number of esters is 2. The van der Waals surface area contributed by atoms with Crippen LogP contribution in [0.25, 0.3) is 0 Å². The van der Waals surface area contributed by atoms with Gasteiger partial charge in [0.1, 0.15) is 6.61 Å². The van der Waals surface area contributed by atoms with Crippen molar-refractivity contribution in [3.05, 3.63) is 107 Å². The topological polar surface area (TPSA) is 109 Å². The van der Waals surface area contributed by atoms with Gasteiger partial charge in [-0.05, 0) is 81.3 Å². The zero-order valence-electron chi connectivity index (χ0n) is 29.2. The molecule has 0 radical (unpaired) electrons. The molecule has 0 aliphatic carbocycles. The fraction of sp³-hybridized carbons (Fsp3) is 0.462. The molecule has 1 N–H and O–H groups in total. The van der Waals surface area contributed by atoms with Gasteiger partial charge in [-0.15, -0.1) is 0 Å². The van der Waals surface area contributed by atoms with Crippen molar-refractivity contribution in [3.63, 3.8) is 0 Å². The number of unbranched alkanes of at least 4 members (excludes halogenated alkanes) is 5. The molecular weight excluding hydrogens is 641 g/mol. The highest BCUT2D eigenvalue weighted by Crippen LogP contribution is 2.40. The Morgan fingerprint density at radius 1 is 0.633 bits per heavy atom. The van der Waals surface area contributed by atoms with Crippen molar-refractivity contribution in [1.29, 1.82) is 0 Å². The minimum atomic E-state index is -1.61. The Labute approximate surface area is 293 Å². The number of carbonyl (C=O) groups excluding carboxylic acids is 3. The Morgan fingerprint density at radius 3 is 1.78 bits per heavy atom. The van der Waals surface area contributed by atoms with Crippen LogP contribution in [0.5, 0.6) is 0 Å². The number of hydrogen-bond acceptors (Lipinski definition) is 8. The van der Waals surface area contributed by atoms with Crippen molar-refractivity contribution in [3.8, 4) is 0 Å². The SMILES string of the molecule is CCCCCCCCc1ccc(CCC(CCOP(OCC)OCC)(COC(=O)c2ccccc2)NC(=O)OC(=O)c2ccccc2)cc1. The smallest absolute Gasteiger partial charge is 0.415 e. The molecule has 1 amide bonds. The molecule has 0 bridgehead atoms. The van der Waals surface area contributed by atoms with E-state index in [0.717, 1.165) is 12.0 Å². The Morgan fingerprint density at radius 2 is 1.18 bits per heavy atom. The van der Waals surface area contributed by atoms with Crippen molar-refractivity contribution in [2.75, 3.05) is 26.4 Å². The van der Waals surface area contributed by atoms with E-state index in [2.05, 4.69) is 36.5 Å². The van der Waals surface area contributed by atoms with Crippen LogP contribution in [0.15, 0.2) is 84.9 Å². The van der Waals surface area contributed by atoms with Crippen LogP contribution in [0.1, 0.15) is 104 Å². The van der Waals surface area contributed by atoms with E-state index in [4.69, 9.17) is 23.0 Å². The van der Waals surface area contributed by atoms with E-state index in [-0.39, 0.29) is 25.2 Å². The maximum Gasteiger partial charge on any atom is 0.415 e. The summed E-state index contributed by atoms with van der Waals surface area (Å²) in [5, 5.41) is 2.89. The lowest BCUT2D eigenvalue weighted by Gasteiger charge is -2.34. The molecule has 49 heavy (non-hydrogen) atoms. The van der Waals surface area contributed by atoms with Gasteiger partial charge in [0.2, 0.25) is 0 Å². The van der Waals surface area contributed by atoms with Crippen LogP contribution >= 0.6 is 8.60 Å². The van der Waals surface area contributed by atoms with Crippen molar-refractivity contribution < 1.29 is 37.4 Å². The molecule has 1 atom stereocenters. The first kappa shape index (κ1) is 39.8. The maximum absolute atomic E-state index is 13.3. The largest absolute Gasteiger partial charge is 0.460 e. The zero-order valence-corrected chi connectivity index (χ0v) is 30.1. The molecule has 3 aromatic carbocycles. The fourth-order valence-electron chi connectivity index (χ4n) is 5.25. The van der Waals surface area contributed by atoms with Crippen LogP contribution in [0.2, 0.25) is 0 Å². The molecule has 0 saturated carbocycles. The van der Waals surface area contributed by atoms with Gasteiger partial charge in [0.15, 0.2) is 0 Å². The molecule has 9 nitrogen and oxygen atoms in total. The number of alkyl carbamates (subject to hydrolysis) is 1. The van der Waals surface area contributed by atoms with Gasteiger partial charge in [0, 0.05) is 0 Å². The van der Waals surface area contributed by atoms with Crippen molar-refractivity contribution in [1.82, 2.24) is 5.32 Å². The molecule has 0 aliphatic heterocycles. The van der Waals surface area contributed by atoms with Crippen LogP contribution in [0.3, 0.4) is 0 Å². The molecule has 0 aliphatic rings. The second-order valence-electron chi connectivity index (χ2n) is 11.9. The van der Waals surface area contributed by atoms with Gasteiger partial charge in [0.25, 0.3) is 0 Å².